The van der Waals surface area contributed by atoms with Crippen LogP contribution < -0.4 is 10.4 Å². The Bertz CT molecular complexity index is 541. The van der Waals surface area contributed by atoms with Crippen molar-refractivity contribution in [2.24, 2.45) is 0 Å². The van der Waals surface area contributed by atoms with E-state index in [4.69, 9.17) is 4.74 Å². The van der Waals surface area contributed by atoms with Gasteiger partial charge in [-0.15, -0.1) is 0 Å². The molecule has 1 N–H and O–H groups in total. The third-order valence-corrected chi connectivity index (χ3v) is 2.20. The molecule has 5 heteroatoms. The van der Waals surface area contributed by atoms with Crippen LogP contribution in [0.15, 0.2) is 29.1 Å². The van der Waals surface area contributed by atoms with E-state index < -0.39 is 0 Å². The number of rotatable bonds is 0. The van der Waals surface area contributed by atoms with Gasteiger partial charge in [0, 0.05) is 0 Å². The van der Waals surface area contributed by atoms with E-state index in [9.17, 15) is 4.79 Å². The number of H-pyrrole nitrogens is 1. The van der Waals surface area contributed by atoms with Crippen molar-refractivity contribution >= 4 is 0 Å². The van der Waals surface area contributed by atoms with E-state index in [2.05, 4.69) is 10.2 Å². The molecule has 1 aromatic carbocycles. The second-order valence-corrected chi connectivity index (χ2v) is 3.04. The van der Waals surface area contributed by atoms with Crippen LogP contribution >= 0.6 is 0 Å². The molecule has 0 atom stereocenters. The van der Waals surface area contributed by atoms with Gasteiger partial charge in [0.1, 0.15) is 12.4 Å². The number of aromatic amines is 1. The van der Waals surface area contributed by atoms with E-state index in [1.165, 1.54) is 4.57 Å². The van der Waals surface area contributed by atoms with Crippen molar-refractivity contribution in [3.05, 3.63) is 40.6 Å². The van der Waals surface area contributed by atoms with Crippen LogP contribution in [0.5, 0.6) is 5.75 Å². The van der Waals surface area contributed by atoms with Crippen LogP contribution in [0.3, 0.4) is 0 Å². The molecule has 0 bridgehead atoms. The summed E-state index contributed by atoms with van der Waals surface area (Å²) in [5, 5.41) is 6.25. The fourth-order valence-electron chi connectivity index (χ4n) is 1.58. The summed E-state index contributed by atoms with van der Waals surface area (Å²) in [6.07, 6.45) is 0. The van der Waals surface area contributed by atoms with E-state index in [-0.39, 0.29) is 5.69 Å². The van der Waals surface area contributed by atoms with E-state index in [1.54, 1.807) is 0 Å². The molecule has 70 valence electrons. The van der Waals surface area contributed by atoms with Crippen molar-refractivity contribution in [3.8, 4) is 11.4 Å². The highest BCUT2D eigenvalue weighted by atomic mass is 16.5. The van der Waals surface area contributed by atoms with Gasteiger partial charge in [-0.2, -0.15) is 5.10 Å². The molecule has 1 aliphatic heterocycles. The zero-order valence-electron chi connectivity index (χ0n) is 7.23. The number of hydrogen-bond acceptors (Lipinski definition) is 3. The predicted molar refractivity (Wildman–Crippen MR) is 48.5 cm³/mol. The van der Waals surface area contributed by atoms with Gasteiger partial charge < -0.3 is 4.74 Å². The third-order valence-electron chi connectivity index (χ3n) is 2.20. The van der Waals surface area contributed by atoms with Gasteiger partial charge in [-0.05, 0) is 12.1 Å². The minimum atomic E-state index is -0.226. The smallest absolute Gasteiger partial charge is 0.348 e. The van der Waals surface area contributed by atoms with Crippen LogP contribution in [0, 0.1) is 0 Å². The number of aromatic nitrogens is 3. The average molecular weight is 189 g/mol. The second kappa shape index (κ2) is 2.47. The Hall–Kier alpha value is -2.04. The molecule has 0 spiro atoms. The molecule has 0 saturated heterocycles. The van der Waals surface area contributed by atoms with Crippen LogP contribution in [0.4, 0.5) is 0 Å². The largest absolute Gasteiger partial charge is 0.483 e. The summed E-state index contributed by atoms with van der Waals surface area (Å²) < 4.78 is 6.95. The molecule has 3 rings (SSSR count). The average Bonchev–Trinajstić information content (AvgIpc) is 2.61. The summed E-state index contributed by atoms with van der Waals surface area (Å²) in [4.78, 5) is 11.4. The number of nitrogens with one attached hydrogen (secondary N) is 1. The standard InChI is InChI=1S/C9H7N3O2/c13-9-11-10-8-5-14-7-4-2-1-3-6(7)12(8)9/h1-4H,5H2,(H,11,13). The first-order valence-corrected chi connectivity index (χ1v) is 4.25. The van der Waals surface area contributed by atoms with E-state index in [0.29, 0.717) is 18.2 Å². The quantitative estimate of drug-likeness (QED) is 0.654. The van der Waals surface area contributed by atoms with Gasteiger partial charge in [-0.25, -0.2) is 14.5 Å². The Morgan fingerprint density at radius 1 is 1.43 bits per heavy atom. The van der Waals surface area contributed by atoms with Crippen LogP contribution in [-0.4, -0.2) is 14.8 Å². The molecule has 2 aromatic rings. The second-order valence-electron chi connectivity index (χ2n) is 3.04. The summed E-state index contributed by atoms with van der Waals surface area (Å²) in [6.45, 7) is 0.329. The summed E-state index contributed by atoms with van der Waals surface area (Å²) in [6, 6.07) is 7.39. The molecule has 0 fully saturated rings. The molecule has 0 amide bonds. The highest BCUT2D eigenvalue weighted by Gasteiger charge is 2.19. The maximum Gasteiger partial charge on any atom is 0.348 e. The van der Waals surface area contributed by atoms with Crippen molar-refractivity contribution in [1.29, 1.82) is 0 Å². The Kier molecular flexibility index (Phi) is 1.30. The van der Waals surface area contributed by atoms with Gasteiger partial charge in [0.25, 0.3) is 0 Å². The molecule has 14 heavy (non-hydrogen) atoms. The first kappa shape index (κ1) is 7.37. The SMILES string of the molecule is O=c1[nH]nc2n1-c1ccccc1OC2. The number of ether oxygens (including phenoxy) is 1. The summed E-state index contributed by atoms with van der Waals surface area (Å²) in [5.41, 5.74) is 0.517. The highest BCUT2D eigenvalue weighted by molar-refractivity contribution is 5.48. The van der Waals surface area contributed by atoms with Crippen LogP contribution in [0.1, 0.15) is 5.82 Å². The van der Waals surface area contributed by atoms with Crippen molar-refractivity contribution in [1.82, 2.24) is 14.8 Å². The van der Waals surface area contributed by atoms with Gasteiger partial charge in [-0.3, -0.25) is 0 Å². The maximum absolute atomic E-state index is 11.4. The lowest BCUT2D eigenvalue weighted by Gasteiger charge is -2.16. The van der Waals surface area contributed by atoms with E-state index in [0.717, 1.165) is 5.69 Å². The number of hydrogen-bond donors (Lipinski definition) is 1. The lowest BCUT2D eigenvalue weighted by Crippen LogP contribution is -2.21. The lowest BCUT2D eigenvalue weighted by atomic mass is 10.2. The molecule has 2 heterocycles. The first-order chi connectivity index (χ1) is 6.86. The topological polar surface area (TPSA) is 59.9 Å². The van der Waals surface area contributed by atoms with Gasteiger partial charge in [0.05, 0.1) is 5.69 Å². The summed E-state index contributed by atoms with van der Waals surface area (Å²) >= 11 is 0. The monoisotopic (exact) mass is 189 g/mol. The fraction of sp³-hybridized carbons (Fsp3) is 0.111. The van der Waals surface area contributed by atoms with E-state index >= 15 is 0 Å². The molecule has 0 aliphatic carbocycles. The molecular weight excluding hydrogens is 182 g/mol. The number of para-hydroxylation sites is 2. The van der Waals surface area contributed by atoms with Gasteiger partial charge in [0.2, 0.25) is 0 Å². The Morgan fingerprint density at radius 3 is 3.21 bits per heavy atom. The van der Waals surface area contributed by atoms with Crippen molar-refractivity contribution < 1.29 is 4.74 Å². The van der Waals surface area contributed by atoms with Gasteiger partial charge in [0.15, 0.2) is 5.82 Å². The molecular formula is C9H7N3O2. The van der Waals surface area contributed by atoms with Crippen LogP contribution in [-0.2, 0) is 6.61 Å². The number of nitrogens with zero attached hydrogens (tertiary/aromatic N) is 2. The van der Waals surface area contributed by atoms with Crippen molar-refractivity contribution in [2.45, 2.75) is 6.61 Å². The van der Waals surface area contributed by atoms with Crippen LogP contribution in [0.2, 0.25) is 0 Å². The zero-order chi connectivity index (χ0) is 9.54. The third kappa shape index (κ3) is 0.834. The Balaban J connectivity index is 2.38. The van der Waals surface area contributed by atoms with Crippen molar-refractivity contribution in [2.75, 3.05) is 0 Å². The fourth-order valence-corrected chi connectivity index (χ4v) is 1.58. The number of fused-ring (bicyclic) bond motifs is 3. The Morgan fingerprint density at radius 2 is 2.29 bits per heavy atom. The molecule has 1 aliphatic rings. The maximum atomic E-state index is 11.4. The molecule has 0 unspecified atom stereocenters. The molecule has 1 aromatic heterocycles. The number of benzene rings is 1. The normalized spacial score (nSPS) is 12.9. The van der Waals surface area contributed by atoms with Gasteiger partial charge >= 0.3 is 5.69 Å². The molecule has 0 radical (unpaired) electrons. The van der Waals surface area contributed by atoms with E-state index in [1.807, 2.05) is 24.3 Å². The highest BCUT2D eigenvalue weighted by Crippen LogP contribution is 2.26. The minimum absolute atomic E-state index is 0.226. The predicted octanol–water partition coefficient (Wildman–Crippen LogP) is 0.453. The lowest BCUT2D eigenvalue weighted by molar-refractivity contribution is 0.278. The molecule has 0 saturated carbocycles. The van der Waals surface area contributed by atoms with Gasteiger partial charge in [-0.1, -0.05) is 12.1 Å². The zero-order valence-corrected chi connectivity index (χ0v) is 7.23. The first-order valence-electron chi connectivity index (χ1n) is 4.25. The summed E-state index contributed by atoms with van der Waals surface area (Å²) in [5.74, 6) is 1.32. The summed E-state index contributed by atoms with van der Waals surface area (Å²) in [7, 11) is 0. The van der Waals surface area contributed by atoms with Crippen LogP contribution in [0.25, 0.3) is 5.69 Å². The molecule has 5 nitrogen and oxygen atoms in total. The minimum Gasteiger partial charge on any atom is -0.483 e. The van der Waals surface area contributed by atoms with Crippen molar-refractivity contribution in [3.63, 3.8) is 0 Å². The Labute approximate surface area is 78.9 Å².